The lowest BCUT2D eigenvalue weighted by atomic mass is 10.1. The van der Waals surface area contributed by atoms with Crippen LogP contribution in [0.1, 0.15) is 12.5 Å². The molecule has 0 aromatic heterocycles. The summed E-state index contributed by atoms with van der Waals surface area (Å²) in [4.78, 5) is 10.1. The topological polar surface area (TPSA) is 64.4 Å². The molecular formula is C12H18N2O3. The lowest BCUT2D eigenvalue weighted by Gasteiger charge is -2.06. The molecule has 17 heavy (non-hydrogen) atoms. The molecule has 0 fully saturated rings. The largest absolute Gasteiger partial charge is 0.497 e. The summed E-state index contributed by atoms with van der Waals surface area (Å²) in [6.45, 7) is 2.74. The third kappa shape index (κ3) is 4.82. The molecule has 1 aromatic rings. The van der Waals surface area contributed by atoms with E-state index in [1.807, 2.05) is 24.3 Å². The summed E-state index contributed by atoms with van der Waals surface area (Å²) < 4.78 is 5.06. The van der Waals surface area contributed by atoms with Gasteiger partial charge in [0.2, 0.25) is 6.04 Å². The fourth-order valence-corrected chi connectivity index (χ4v) is 1.41. The van der Waals surface area contributed by atoms with E-state index >= 15 is 0 Å². The van der Waals surface area contributed by atoms with Gasteiger partial charge >= 0.3 is 0 Å². The molecule has 0 amide bonds. The zero-order valence-electron chi connectivity index (χ0n) is 10.2. The van der Waals surface area contributed by atoms with Crippen LogP contribution < -0.4 is 10.1 Å². The van der Waals surface area contributed by atoms with Gasteiger partial charge in [-0.15, -0.1) is 0 Å². The standard InChI is InChI=1S/C12H18N2O3/c1-10(14(15)16)9-13-8-7-11-3-5-12(17-2)6-4-11/h3-6,10,13H,7-9H2,1-2H3. The minimum absolute atomic E-state index is 0.277. The molecule has 0 saturated heterocycles. The second kappa shape index (κ2) is 6.85. The number of hydrogen-bond acceptors (Lipinski definition) is 4. The summed E-state index contributed by atoms with van der Waals surface area (Å²) in [6, 6.07) is 7.28. The number of nitro groups is 1. The molecule has 5 heteroatoms. The van der Waals surface area contributed by atoms with E-state index in [1.165, 1.54) is 5.56 Å². The molecule has 1 atom stereocenters. The predicted octanol–water partition coefficient (Wildman–Crippen LogP) is 1.49. The van der Waals surface area contributed by atoms with E-state index < -0.39 is 6.04 Å². The van der Waals surface area contributed by atoms with Crippen molar-refractivity contribution in [2.24, 2.45) is 0 Å². The van der Waals surface area contributed by atoms with Crippen LogP contribution in [0.4, 0.5) is 0 Å². The monoisotopic (exact) mass is 238 g/mol. The maximum atomic E-state index is 10.4. The van der Waals surface area contributed by atoms with Crippen LogP contribution in [-0.4, -0.2) is 31.2 Å². The molecule has 1 rings (SSSR count). The van der Waals surface area contributed by atoms with Crippen molar-refractivity contribution in [2.45, 2.75) is 19.4 Å². The molecule has 0 aliphatic rings. The molecule has 0 bridgehead atoms. The highest BCUT2D eigenvalue weighted by Gasteiger charge is 2.10. The Morgan fingerprint density at radius 1 is 1.41 bits per heavy atom. The van der Waals surface area contributed by atoms with E-state index in [0.717, 1.165) is 18.7 Å². The van der Waals surface area contributed by atoms with Gasteiger partial charge in [0.25, 0.3) is 0 Å². The molecule has 1 N–H and O–H groups in total. The third-order valence-corrected chi connectivity index (χ3v) is 2.55. The second-order valence-corrected chi connectivity index (χ2v) is 3.94. The average molecular weight is 238 g/mol. The van der Waals surface area contributed by atoms with E-state index in [2.05, 4.69) is 5.32 Å². The van der Waals surface area contributed by atoms with E-state index in [1.54, 1.807) is 14.0 Å². The zero-order valence-corrected chi connectivity index (χ0v) is 10.2. The van der Waals surface area contributed by atoms with Gasteiger partial charge in [-0.2, -0.15) is 0 Å². The van der Waals surface area contributed by atoms with Crippen LogP contribution in [0, 0.1) is 10.1 Å². The Morgan fingerprint density at radius 3 is 2.59 bits per heavy atom. The van der Waals surface area contributed by atoms with Crippen molar-refractivity contribution in [3.63, 3.8) is 0 Å². The molecule has 0 saturated carbocycles. The summed E-state index contributed by atoms with van der Waals surface area (Å²) in [7, 11) is 1.63. The third-order valence-electron chi connectivity index (χ3n) is 2.55. The zero-order chi connectivity index (χ0) is 12.7. The van der Waals surface area contributed by atoms with Gasteiger partial charge in [-0.25, -0.2) is 0 Å². The number of benzene rings is 1. The fourth-order valence-electron chi connectivity index (χ4n) is 1.41. The van der Waals surface area contributed by atoms with Crippen LogP contribution in [0.25, 0.3) is 0 Å². The Morgan fingerprint density at radius 2 is 2.06 bits per heavy atom. The van der Waals surface area contributed by atoms with Gasteiger partial charge in [0, 0.05) is 11.8 Å². The number of nitrogens with zero attached hydrogens (tertiary/aromatic N) is 1. The van der Waals surface area contributed by atoms with Crippen LogP contribution >= 0.6 is 0 Å². The highest BCUT2D eigenvalue weighted by atomic mass is 16.6. The molecule has 5 nitrogen and oxygen atoms in total. The molecule has 1 unspecified atom stereocenters. The van der Waals surface area contributed by atoms with E-state index in [0.29, 0.717) is 6.54 Å². The Labute approximate surface area is 101 Å². The average Bonchev–Trinajstić information content (AvgIpc) is 2.35. The lowest BCUT2D eigenvalue weighted by molar-refractivity contribution is -0.515. The predicted molar refractivity (Wildman–Crippen MR) is 66.0 cm³/mol. The number of methoxy groups -OCH3 is 1. The SMILES string of the molecule is COc1ccc(CCNCC(C)[N+](=O)[O-])cc1. The van der Waals surface area contributed by atoms with Gasteiger partial charge in [0.15, 0.2) is 0 Å². The van der Waals surface area contributed by atoms with Gasteiger partial charge in [-0.05, 0) is 30.7 Å². The van der Waals surface area contributed by atoms with Crippen molar-refractivity contribution in [1.82, 2.24) is 5.32 Å². The van der Waals surface area contributed by atoms with Gasteiger partial charge in [-0.3, -0.25) is 10.1 Å². The fraction of sp³-hybridized carbons (Fsp3) is 0.500. The van der Waals surface area contributed by atoms with Crippen molar-refractivity contribution in [3.05, 3.63) is 39.9 Å². The molecule has 0 heterocycles. The first kappa shape index (κ1) is 13.4. The highest BCUT2D eigenvalue weighted by Crippen LogP contribution is 2.11. The summed E-state index contributed by atoms with van der Waals surface area (Å²) >= 11 is 0. The normalized spacial score (nSPS) is 12.1. The van der Waals surface area contributed by atoms with Crippen LogP contribution in [0.2, 0.25) is 0 Å². The van der Waals surface area contributed by atoms with Crippen LogP contribution in [0.5, 0.6) is 5.75 Å². The maximum Gasteiger partial charge on any atom is 0.222 e. The maximum absolute atomic E-state index is 10.4. The first-order valence-electron chi connectivity index (χ1n) is 5.60. The number of nitrogens with one attached hydrogen (secondary N) is 1. The van der Waals surface area contributed by atoms with E-state index in [-0.39, 0.29) is 4.92 Å². The molecule has 94 valence electrons. The first-order chi connectivity index (χ1) is 8.13. The summed E-state index contributed by atoms with van der Waals surface area (Å²) in [6.07, 6.45) is 0.856. The number of ether oxygens (including phenoxy) is 1. The summed E-state index contributed by atoms with van der Waals surface area (Å²) in [5.41, 5.74) is 1.19. The number of rotatable bonds is 7. The highest BCUT2D eigenvalue weighted by molar-refractivity contribution is 5.27. The Balaban J connectivity index is 2.24. The van der Waals surface area contributed by atoms with Crippen LogP contribution in [0.3, 0.4) is 0 Å². The van der Waals surface area contributed by atoms with Crippen molar-refractivity contribution in [1.29, 1.82) is 0 Å². The molecule has 0 spiro atoms. The van der Waals surface area contributed by atoms with Crippen LogP contribution in [0.15, 0.2) is 24.3 Å². The van der Waals surface area contributed by atoms with Gasteiger partial charge < -0.3 is 10.1 Å². The van der Waals surface area contributed by atoms with Gasteiger partial charge in [0.05, 0.1) is 13.7 Å². The quantitative estimate of drug-likeness (QED) is 0.444. The van der Waals surface area contributed by atoms with Crippen molar-refractivity contribution in [2.75, 3.05) is 20.2 Å². The van der Waals surface area contributed by atoms with Crippen LogP contribution in [-0.2, 0) is 6.42 Å². The Bertz CT molecular complexity index is 351. The first-order valence-corrected chi connectivity index (χ1v) is 5.60. The summed E-state index contributed by atoms with van der Waals surface area (Å²) in [5.74, 6) is 0.837. The molecular weight excluding hydrogens is 220 g/mol. The van der Waals surface area contributed by atoms with Gasteiger partial charge in [0.1, 0.15) is 5.75 Å². The Kier molecular flexibility index (Phi) is 5.42. The molecule has 0 aliphatic heterocycles. The van der Waals surface area contributed by atoms with Crippen molar-refractivity contribution in [3.8, 4) is 5.75 Å². The molecule has 0 aliphatic carbocycles. The minimum atomic E-state index is -0.536. The van der Waals surface area contributed by atoms with Gasteiger partial charge in [-0.1, -0.05) is 12.1 Å². The van der Waals surface area contributed by atoms with E-state index in [4.69, 9.17) is 4.74 Å². The molecule has 1 aromatic carbocycles. The Hall–Kier alpha value is -1.62. The second-order valence-electron chi connectivity index (χ2n) is 3.94. The minimum Gasteiger partial charge on any atom is -0.497 e. The van der Waals surface area contributed by atoms with Crippen molar-refractivity contribution < 1.29 is 9.66 Å². The molecule has 0 radical (unpaired) electrons. The lowest BCUT2D eigenvalue weighted by Crippen LogP contribution is -2.31. The van der Waals surface area contributed by atoms with Crippen molar-refractivity contribution >= 4 is 0 Å². The summed E-state index contributed by atoms with van der Waals surface area (Å²) in [5, 5.41) is 13.5. The van der Waals surface area contributed by atoms with E-state index in [9.17, 15) is 10.1 Å². The number of hydrogen-bond donors (Lipinski definition) is 1. The smallest absolute Gasteiger partial charge is 0.222 e.